The van der Waals surface area contributed by atoms with E-state index in [9.17, 15) is 4.79 Å². The average Bonchev–Trinajstić information content (AvgIpc) is 2.94. The SMILES string of the molecule is COC(=O)c1c(N)sc(CN2CCN(C)CC2)c1-c1ccc(C)c(C)c1. The molecule has 2 N–H and O–H groups in total. The van der Waals surface area contributed by atoms with E-state index in [4.69, 9.17) is 10.5 Å². The van der Waals surface area contributed by atoms with Gasteiger partial charge in [-0.1, -0.05) is 18.2 Å². The molecular formula is C20H27N3O2S. The average molecular weight is 374 g/mol. The van der Waals surface area contributed by atoms with Gasteiger partial charge in [0.25, 0.3) is 0 Å². The van der Waals surface area contributed by atoms with Crippen LogP contribution >= 0.6 is 11.3 Å². The van der Waals surface area contributed by atoms with Crippen molar-refractivity contribution >= 4 is 22.3 Å². The molecule has 0 bridgehead atoms. The summed E-state index contributed by atoms with van der Waals surface area (Å²) in [4.78, 5) is 18.3. The van der Waals surface area contributed by atoms with E-state index in [2.05, 4.69) is 48.9 Å². The minimum absolute atomic E-state index is 0.364. The van der Waals surface area contributed by atoms with E-state index in [1.807, 2.05) is 0 Å². The summed E-state index contributed by atoms with van der Waals surface area (Å²) in [6.07, 6.45) is 0. The molecule has 0 unspecified atom stereocenters. The van der Waals surface area contributed by atoms with Crippen molar-refractivity contribution in [3.63, 3.8) is 0 Å². The lowest BCUT2D eigenvalue weighted by Gasteiger charge is -2.32. The van der Waals surface area contributed by atoms with Crippen molar-refractivity contribution in [2.45, 2.75) is 20.4 Å². The van der Waals surface area contributed by atoms with E-state index in [-0.39, 0.29) is 5.97 Å². The zero-order chi connectivity index (χ0) is 18.8. The maximum absolute atomic E-state index is 12.4. The molecule has 140 valence electrons. The summed E-state index contributed by atoms with van der Waals surface area (Å²) >= 11 is 1.51. The van der Waals surface area contributed by atoms with Gasteiger partial charge in [0.15, 0.2) is 0 Å². The molecule has 0 spiro atoms. The first kappa shape index (κ1) is 18.9. The van der Waals surface area contributed by atoms with E-state index in [1.165, 1.54) is 29.6 Å². The second kappa shape index (κ2) is 7.78. The van der Waals surface area contributed by atoms with Gasteiger partial charge in [0.05, 0.1) is 7.11 Å². The van der Waals surface area contributed by atoms with Crippen molar-refractivity contribution in [3.8, 4) is 11.1 Å². The minimum atomic E-state index is -0.364. The first-order valence-electron chi connectivity index (χ1n) is 8.88. The number of carbonyl (C=O) groups excluding carboxylic acids is 1. The molecule has 1 aliphatic heterocycles. The zero-order valence-electron chi connectivity index (χ0n) is 16.0. The van der Waals surface area contributed by atoms with Crippen molar-refractivity contribution in [2.24, 2.45) is 0 Å². The molecule has 2 heterocycles. The second-order valence-corrected chi connectivity index (χ2v) is 8.15. The molecule has 0 radical (unpaired) electrons. The molecule has 1 fully saturated rings. The molecule has 1 aromatic heterocycles. The second-order valence-electron chi connectivity index (χ2n) is 7.01. The van der Waals surface area contributed by atoms with Gasteiger partial charge in [-0.15, -0.1) is 11.3 Å². The van der Waals surface area contributed by atoms with E-state index in [0.717, 1.165) is 48.7 Å². The van der Waals surface area contributed by atoms with Crippen LogP contribution in [0.25, 0.3) is 11.1 Å². The number of methoxy groups -OCH3 is 1. The lowest BCUT2D eigenvalue weighted by atomic mass is 9.97. The van der Waals surface area contributed by atoms with Crippen LogP contribution in [-0.4, -0.2) is 56.1 Å². The standard InChI is InChI=1S/C20H27N3O2S/c1-13-5-6-15(11-14(13)2)17-16(12-23-9-7-22(3)8-10-23)26-19(21)18(17)20(24)25-4/h5-6,11H,7-10,12,21H2,1-4H3. The number of likely N-dealkylation sites (N-methyl/N-ethyl adjacent to an activating group) is 1. The van der Waals surface area contributed by atoms with Crippen LogP contribution in [0.5, 0.6) is 0 Å². The third kappa shape index (κ3) is 3.77. The Morgan fingerprint density at radius 3 is 2.50 bits per heavy atom. The summed E-state index contributed by atoms with van der Waals surface area (Å²) in [7, 11) is 3.56. The number of thiophene rings is 1. The summed E-state index contributed by atoms with van der Waals surface area (Å²) in [5, 5.41) is 0.536. The Kier molecular flexibility index (Phi) is 5.65. The molecule has 0 aliphatic carbocycles. The third-order valence-corrected chi connectivity index (χ3v) is 6.16. The van der Waals surface area contributed by atoms with Crippen LogP contribution in [0.3, 0.4) is 0 Å². The zero-order valence-corrected chi connectivity index (χ0v) is 16.8. The van der Waals surface area contributed by atoms with Crippen molar-refractivity contribution in [3.05, 3.63) is 39.8 Å². The number of hydrogen-bond donors (Lipinski definition) is 1. The normalized spacial score (nSPS) is 16.0. The Labute approximate surface area is 159 Å². The highest BCUT2D eigenvalue weighted by Gasteiger charge is 2.26. The van der Waals surface area contributed by atoms with Crippen LogP contribution in [0.2, 0.25) is 0 Å². The molecule has 5 nitrogen and oxygen atoms in total. The largest absolute Gasteiger partial charge is 0.465 e. The third-order valence-electron chi connectivity index (χ3n) is 5.16. The highest BCUT2D eigenvalue weighted by molar-refractivity contribution is 7.17. The summed E-state index contributed by atoms with van der Waals surface area (Å²) < 4.78 is 5.02. The number of hydrogen-bond acceptors (Lipinski definition) is 6. The molecule has 3 rings (SSSR count). The smallest absolute Gasteiger partial charge is 0.341 e. The van der Waals surface area contributed by atoms with Gasteiger partial charge in [-0.2, -0.15) is 0 Å². The fourth-order valence-electron chi connectivity index (χ4n) is 3.32. The van der Waals surface area contributed by atoms with Gasteiger partial charge in [-0.05, 0) is 37.6 Å². The Hall–Kier alpha value is -1.89. The highest BCUT2D eigenvalue weighted by atomic mass is 32.1. The van der Waals surface area contributed by atoms with Crippen LogP contribution in [-0.2, 0) is 11.3 Å². The van der Waals surface area contributed by atoms with E-state index in [0.29, 0.717) is 10.6 Å². The van der Waals surface area contributed by atoms with Gasteiger partial charge in [0.2, 0.25) is 0 Å². The Balaban J connectivity index is 2.03. The Morgan fingerprint density at radius 2 is 1.88 bits per heavy atom. The minimum Gasteiger partial charge on any atom is -0.465 e. The van der Waals surface area contributed by atoms with Crippen LogP contribution < -0.4 is 5.73 Å². The molecule has 0 atom stereocenters. The summed E-state index contributed by atoms with van der Waals surface area (Å²) in [6, 6.07) is 6.31. The van der Waals surface area contributed by atoms with Gasteiger partial charge in [0.1, 0.15) is 10.6 Å². The molecule has 1 aliphatic rings. The van der Waals surface area contributed by atoms with Crippen LogP contribution in [0.15, 0.2) is 18.2 Å². The quantitative estimate of drug-likeness (QED) is 0.835. The topological polar surface area (TPSA) is 58.8 Å². The van der Waals surface area contributed by atoms with Crippen molar-refractivity contribution < 1.29 is 9.53 Å². The van der Waals surface area contributed by atoms with Gasteiger partial charge in [0, 0.05) is 43.2 Å². The van der Waals surface area contributed by atoms with Gasteiger partial charge < -0.3 is 15.4 Å². The Bertz CT molecular complexity index is 808. The number of nitrogen functional groups attached to an aromatic ring is 1. The highest BCUT2D eigenvalue weighted by Crippen LogP contribution is 2.40. The number of esters is 1. The van der Waals surface area contributed by atoms with Crippen LogP contribution in [0.1, 0.15) is 26.4 Å². The first-order valence-corrected chi connectivity index (χ1v) is 9.70. The number of rotatable bonds is 4. The molecule has 26 heavy (non-hydrogen) atoms. The number of nitrogens with zero attached hydrogens (tertiary/aromatic N) is 2. The Morgan fingerprint density at radius 1 is 1.19 bits per heavy atom. The number of carbonyl (C=O) groups is 1. The number of anilines is 1. The number of piperazine rings is 1. The maximum Gasteiger partial charge on any atom is 0.341 e. The molecule has 6 heteroatoms. The number of aryl methyl sites for hydroxylation is 2. The lowest BCUT2D eigenvalue weighted by Crippen LogP contribution is -2.43. The molecule has 0 amide bonds. The van der Waals surface area contributed by atoms with Gasteiger partial charge in [-0.25, -0.2) is 4.79 Å². The van der Waals surface area contributed by atoms with Crippen molar-refractivity contribution in [1.82, 2.24) is 9.80 Å². The predicted octanol–water partition coefficient (Wildman–Crippen LogP) is 3.15. The molecule has 1 aromatic carbocycles. The summed E-state index contributed by atoms with van der Waals surface area (Å²) in [5.41, 5.74) is 11.1. The van der Waals surface area contributed by atoms with Crippen LogP contribution in [0, 0.1) is 13.8 Å². The summed E-state index contributed by atoms with van der Waals surface area (Å²) in [6.45, 7) is 9.15. The van der Waals surface area contributed by atoms with Gasteiger partial charge >= 0.3 is 5.97 Å². The first-order chi connectivity index (χ1) is 12.4. The van der Waals surface area contributed by atoms with E-state index < -0.39 is 0 Å². The summed E-state index contributed by atoms with van der Waals surface area (Å²) in [5.74, 6) is -0.364. The van der Waals surface area contributed by atoms with Crippen molar-refractivity contribution in [2.75, 3.05) is 46.1 Å². The number of nitrogens with two attached hydrogens (primary N) is 1. The van der Waals surface area contributed by atoms with E-state index in [1.54, 1.807) is 0 Å². The maximum atomic E-state index is 12.4. The monoisotopic (exact) mass is 373 g/mol. The number of ether oxygens (including phenoxy) is 1. The molecule has 0 saturated carbocycles. The van der Waals surface area contributed by atoms with Crippen LogP contribution in [0.4, 0.5) is 5.00 Å². The molecular weight excluding hydrogens is 346 g/mol. The fraction of sp³-hybridized carbons (Fsp3) is 0.450. The number of benzene rings is 1. The van der Waals surface area contributed by atoms with E-state index >= 15 is 0 Å². The lowest BCUT2D eigenvalue weighted by molar-refractivity contribution is 0.0603. The molecule has 1 saturated heterocycles. The fourth-order valence-corrected chi connectivity index (χ4v) is 4.45. The van der Waals surface area contributed by atoms with Gasteiger partial charge in [-0.3, -0.25) is 4.90 Å². The van der Waals surface area contributed by atoms with Crippen molar-refractivity contribution in [1.29, 1.82) is 0 Å². The predicted molar refractivity (Wildman–Crippen MR) is 108 cm³/mol. The molecule has 2 aromatic rings.